The minimum Gasteiger partial charge on any atom is -0.453 e. The summed E-state index contributed by atoms with van der Waals surface area (Å²) in [5.41, 5.74) is 1.99. The normalized spacial score (nSPS) is 11.4. The van der Waals surface area contributed by atoms with Crippen LogP contribution in [-0.4, -0.2) is 5.78 Å². The van der Waals surface area contributed by atoms with Crippen LogP contribution in [0.3, 0.4) is 0 Å². The zero-order chi connectivity index (χ0) is 13.8. The SMILES string of the molecule is CCCC(CCC)C(=O)c1cc2cc(C)ccc2o1. The predicted molar refractivity (Wildman–Crippen MR) is 78.6 cm³/mol. The summed E-state index contributed by atoms with van der Waals surface area (Å²) in [5, 5.41) is 1.02. The molecule has 2 rings (SSSR count). The smallest absolute Gasteiger partial charge is 0.201 e. The van der Waals surface area contributed by atoms with Crippen LogP contribution in [0.2, 0.25) is 0 Å². The molecule has 1 heterocycles. The zero-order valence-electron chi connectivity index (χ0n) is 12.0. The molecule has 0 saturated heterocycles. The Morgan fingerprint density at radius 3 is 2.47 bits per heavy atom. The minimum atomic E-state index is 0.108. The first kappa shape index (κ1) is 13.9. The van der Waals surface area contributed by atoms with Crippen LogP contribution in [0.4, 0.5) is 0 Å². The van der Waals surface area contributed by atoms with Crippen molar-refractivity contribution in [3.05, 3.63) is 35.6 Å². The summed E-state index contributed by atoms with van der Waals surface area (Å²) in [6, 6.07) is 7.90. The molecule has 0 amide bonds. The number of rotatable bonds is 6. The summed E-state index contributed by atoms with van der Waals surface area (Å²) in [6.07, 6.45) is 3.97. The van der Waals surface area contributed by atoms with E-state index in [1.54, 1.807) is 0 Å². The summed E-state index contributed by atoms with van der Waals surface area (Å²) < 4.78 is 5.71. The highest BCUT2D eigenvalue weighted by atomic mass is 16.3. The number of Topliss-reactive ketones (excluding diaryl/α,β-unsaturated/α-hetero) is 1. The van der Waals surface area contributed by atoms with Gasteiger partial charge in [0.05, 0.1) is 0 Å². The first-order valence-electron chi connectivity index (χ1n) is 7.20. The van der Waals surface area contributed by atoms with Gasteiger partial charge in [0.15, 0.2) is 5.76 Å². The Morgan fingerprint density at radius 2 is 1.84 bits per heavy atom. The monoisotopic (exact) mass is 258 g/mol. The van der Waals surface area contributed by atoms with Crippen LogP contribution in [0.25, 0.3) is 11.0 Å². The largest absolute Gasteiger partial charge is 0.453 e. The highest BCUT2D eigenvalue weighted by Crippen LogP contribution is 2.25. The molecule has 0 aliphatic carbocycles. The third-order valence-electron chi connectivity index (χ3n) is 3.56. The number of carbonyl (C=O) groups is 1. The standard InChI is InChI=1S/C17H22O2/c1-4-6-13(7-5-2)17(18)16-11-14-10-12(3)8-9-15(14)19-16/h8-11,13H,4-7H2,1-3H3. The Morgan fingerprint density at radius 1 is 1.16 bits per heavy atom. The molecule has 2 nitrogen and oxygen atoms in total. The van der Waals surface area contributed by atoms with Gasteiger partial charge in [0.1, 0.15) is 5.58 Å². The Bertz CT molecular complexity index is 560. The van der Waals surface area contributed by atoms with Crippen LogP contribution in [0.5, 0.6) is 0 Å². The molecular formula is C17H22O2. The first-order chi connectivity index (χ1) is 9.15. The Hall–Kier alpha value is -1.57. The first-order valence-corrected chi connectivity index (χ1v) is 7.20. The van der Waals surface area contributed by atoms with Crippen molar-refractivity contribution in [2.75, 3.05) is 0 Å². The van der Waals surface area contributed by atoms with Gasteiger partial charge in [-0.2, -0.15) is 0 Å². The second-order valence-electron chi connectivity index (χ2n) is 5.29. The molecular weight excluding hydrogens is 236 g/mol. The molecule has 0 N–H and O–H groups in total. The predicted octanol–water partition coefficient (Wildman–Crippen LogP) is 5.14. The molecule has 0 aliphatic heterocycles. The Kier molecular flexibility index (Phi) is 4.41. The molecule has 1 aromatic heterocycles. The summed E-state index contributed by atoms with van der Waals surface area (Å²) in [7, 11) is 0. The van der Waals surface area contributed by atoms with E-state index in [0.717, 1.165) is 36.7 Å². The lowest BCUT2D eigenvalue weighted by Gasteiger charge is -2.11. The van der Waals surface area contributed by atoms with Gasteiger partial charge < -0.3 is 4.42 Å². The molecule has 0 aliphatic rings. The molecule has 0 radical (unpaired) electrons. The van der Waals surface area contributed by atoms with Gasteiger partial charge in [-0.05, 0) is 38.0 Å². The van der Waals surface area contributed by atoms with Crippen molar-refractivity contribution in [2.45, 2.75) is 46.5 Å². The van der Waals surface area contributed by atoms with Crippen molar-refractivity contribution >= 4 is 16.8 Å². The van der Waals surface area contributed by atoms with E-state index in [1.807, 2.05) is 25.1 Å². The van der Waals surface area contributed by atoms with E-state index in [9.17, 15) is 4.79 Å². The van der Waals surface area contributed by atoms with E-state index < -0.39 is 0 Å². The maximum atomic E-state index is 12.5. The molecule has 0 unspecified atom stereocenters. The van der Waals surface area contributed by atoms with Crippen LogP contribution in [-0.2, 0) is 0 Å². The number of aryl methyl sites for hydroxylation is 1. The molecule has 19 heavy (non-hydrogen) atoms. The van der Waals surface area contributed by atoms with E-state index in [0.29, 0.717) is 5.76 Å². The zero-order valence-corrected chi connectivity index (χ0v) is 12.0. The number of ketones is 1. The quantitative estimate of drug-likeness (QED) is 0.671. The maximum absolute atomic E-state index is 12.5. The van der Waals surface area contributed by atoms with Gasteiger partial charge in [-0.3, -0.25) is 4.79 Å². The molecule has 0 fully saturated rings. The number of benzene rings is 1. The van der Waals surface area contributed by atoms with Crippen molar-refractivity contribution in [3.63, 3.8) is 0 Å². The average Bonchev–Trinajstić information content (AvgIpc) is 2.80. The van der Waals surface area contributed by atoms with E-state index in [-0.39, 0.29) is 11.7 Å². The molecule has 102 valence electrons. The van der Waals surface area contributed by atoms with Crippen molar-refractivity contribution in [1.29, 1.82) is 0 Å². The fourth-order valence-corrected chi connectivity index (χ4v) is 2.59. The second kappa shape index (κ2) is 6.05. The fourth-order valence-electron chi connectivity index (χ4n) is 2.59. The Balaban J connectivity index is 2.29. The number of hydrogen-bond acceptors (Lipinski definition) is 2. The summed E-state index contributed by atoms with van der Waals surface area (Å²) in [6.45, 7) is 6.29. The van der Waals surface area contributed by atoms with Gasteiger partial charge in [-0.25, -0.2) is 0 Å². The van der Waals surface area contributed by atoms with Gasteiger partial charge >= 0.3 is 0 Å². The molecule has 0 saturated carbocycles. The lowest BCUT2D eigenvalue weighted by atomic mass is 9.92. The summed E-state index contributed by atoms with van der Waals surface area (Å²) >= 11 is 0. The fraction of sp³-hybridized carbons (Fsp3) is 0.471. The number of carbonyl (C=O) groups excluding carboxylic acids is 1. The van der Waals surface area contributed by atoms with Gasteiger partial charge in [0.2, 0.25) is 5.78 Å². The average molecular weight is 258 g/mol. The van der Waals surface area contributed by atoms with Crippen molar-refractivity contribution in [1.82, 2.24) is 0 Å². The number of hydrogen-bond donors (Lipinski definition) is 0. The van der Waals surface area contributed by atoms with Crippen molar-refractivity contribution < 1.29 is 9.21 Å². The molecule has 2 heteroatoms. The van der Waals surface area contributed by atoms with Crippen LogP contribution < -0.4 is 0 Å². The van der Waals surface area contributed by atoms with Crippen molar-refractivity contribution in [2.24, 2.45) is 5.92 Å². The molecule has 0 atom stereocenters. The van der Waals surface area contributed by atoms with Crippen LogP contribution in [0.1, 0.15) is 55.6 Å². The van der Waals surface area contributed by atoms with E-state index in [1.165, 1.54) is 5.56 Å². The second-order valence-corrected chi connectivity index (χ2v) is 5.29. The topological polar surface area (TPSA) is 30.2 Å². The Labute approximate surface area is 114 Å². The maximum Gasteiger partial charge on any atom is 0.201 e. The molecule has 2 aromatic rings. The lowest BCUT2D eigenvalue weighted by molar-refractivity contribution is 0.0878. The highest BCUT2D eigenvalue weighted by molar-refractivity contribution is 5.99. The highest BCUT2D eigenvalue weighted by Gasteiger charge is 2.21. The van der Waals surface area contributed by atoms with Crippen LogP contribution in [0.15, 0.2) is 28.7 Å². The van der Waals surface area contributed by atoms with E-state index in [2.05, 4.69) is 19.9 Å². The molecule has 0 bridgehead atoms. The summed E-state index contributed by atoms with van der Waals surface area (Å²) in [5.74, 6) is 0.793. The van der Waals surface area contributed by atoms with Crippen LogP contribution in [0, 0.1) is 12.8 Å². The molecule has 1 aromatic carbocycles. The number of furan rings is 1. The van der Waals surface area contributed by atoms with Crippen LogP contribution >= 0.6 is 0 Å². The summed E-state index contributed by atoms with van der Waals surface area (Å²) in [4.78, 5) is 12.5. The van der Waals surface area contributed by atoms with Crippen molar-refractivity contribution in [3.8, 4) is 0 Å². The van der Waals surface area contributed by atoms with Gasteiger partial charge in [0.25, 0.3) is 0 Å². The van der Waals surface area contributed by atoms with E-state index >= 15 is 0 Å². The van der Waals surface area contributed by atoms with E-state index in [4.69, 9.17) is 4.42 Å². The van der Waals surface area contributed by atoms with Gasteiger partial charge in [-0.15, -0.1) is 0 Å². The number of fused-ring (bicyclic) bond motifs is 1. The lowest BCUT2D eigenvalue weighted by Crippen LogP contribution is -2.13. The third kappa shape index (κ3) is 3.06. The van der Waals surface area contributed by atoms with Gasteiger partial charge in [0, 0.05) is 11.3 Å². The minimum absolute atomic E-state index is 0.108. The molecule has 0 spiro atoms. The van der Waals surface area contributed by atoms with Gasteiger partial charge in [-0.1, -0.05) is 38.3 Å². The third-order valence-corrected chi connectivity index (χ3v) is 3.56.